The number of carbonyl (C=O) groups excluding carboxylic acids is 2. The van der Waals surface area contributed by atoms with Crippen LogP contribution in [-0.4, -0.2) is 18.5 Å². The Bertz CT molecular complexity index is 509. The van der Waals surface area contributed by atoms with E-state index in [2.05, 4.69) is 10.1 Å². The van der Waals surface area contributed by atoms with Crippen LogP contribution in [0, 0.1) is 5.82 Å². The topological polar surface area (TPSA) is 55.4 Å². The maximum Gasteiger partial charge on any atom is 0.331 e. The second kappa shape index (κ2) is 7.81. The molecule has 0 heterocycles. The van der Waals surface area contributed by atoms with E-state index in [1.165, 1.54) is 30.4 Å². The van der Waals surface area contributed by atoms with E-state index in [0.717, 1.165) is 0 Å². The standard InChI is InChI=1S/C14H14FNO3/c1-2-3-4-9-14(18)19-10-13(17)16-12-8-6-5-7-11(12)15/h2-9H,10H2,1H3,(H,16,17)/b3-2+,9-4+. The van der Waals surface area contributed by atoms with Gasteiger partial charge in [0.05, 0.1) is 5.69 Å². The van der Waals surface area contributed by atoms with E-state index in [9.17, 15) is 14.0 Å². The number of anilines is 1. The molecule has 0 bridgehead atoms. The number of benzene rings is 1. The van der Waals surface area contributed by atoms with Crippen LogP contribution in [-0.2, 0) is 14.3 Å². The predicted octanol–water partition coefficient (Wildman–Crippen LogP) is 2.44. The van der Waals surface area contributed by atoms with Gasteiger partial charge in [0.25, 0.3) is 5.91 Å². The lowest BCUT2D eigenvalue weighted by atomic mass is 10.3. The van der Waals surface area contributed by atoms with Crippen LogP contribution in [0.1, 0.15) is 6.92 Å². The fourth-order valence-corrected chi connectivity index (χ4v) is 1.18. The van der Waals surface area contributed by atoms with Gasteiger partial charge < -0.3 is 10.1 Å². The molecule has 19 heavy (non-hydrogen) atoms. The zero-order chi connectivity index (χ0) is 14.1. The van der Waals surface area contributed by atoms with Gasteiger partial charge in [0.1, 0.15) is 5.82 Å². The fraction of sp³-hybridized carbons (Fsp3) is 0.143. The molecule has 5 heteroatoms. The van der Waals surface area contributed by atoms with Gasteiger partial charge in [-0.3, -0.25) is 4.79 Å². The van der Waals surface area contributed by atoms with Crippen molar-refractivity contribution in [2.24, 2.45) is 0 Å². The number of para-hydroxylation sites is 1. The predicted molar refractivity (Wildman–Crippen MR) is 69.9 cm³/mol. The first-order valence-corrected chi connectivity index (χ1v) is 5.64. The Kier molecular flexibility index (Phi) is 6.02. The lowest BCUT2D eigenvalue weighted by Crippen LogP contribution is -2.20. The van der Waals surface area contributed by atoms with E-state index in [-0.39, 0.29) is 5.69 Å². The highest BCUT2D eigenvalue weighted by Gasteiger charge is 2.07. The molecular weight excluding hydrogens is 249 g/mol. The SMILES string of the molecule is C/C=C/C=C/C(=O)OCC(=O)Nc1ccccc1F. The number of hydrogen-bond acceptors (Lipinski definition) is 3. The van der Waals surface area contributed by atoms with Crippen molar-refractivity contribution >= 4 is 17.6 Å². The molecule has 1 N–H and O–H groups in total. The van der Waals surface area contributed by atoms with Gasteiger partial charge >= 0.3 is 5.97 Å². The summed E-state index contributed by atoms with van der Waals surface area (Å²) in [6, 6.07) is 5.74. The van der Waals surface area contributed by atoms with Gasteiger partial charge in [0.15, 0.2) is 6.61 Å². The van der Waals surface area contributed by atoms with Crippen LogP contribution in [0.3, 0.4) is 0 Å². The lowest BCUT2D eigenvalue weighted by molar-refractivity contribution is -0.142. The van der Waals surface area contributed by atoms with Gasteiger partial charge in [0, 0.05) is 6.08 Å². The van der Waals surface area contributed by atoms with Gasteiger partial charge in [-0.25, -0.2) is 9.18 Å². The largest absolute Gasteiger partial charge is 0.452 e. The summed E-state index contributed by atoms with van der Waals surface area (Å²) in [5, 5.41) is 2.30. The molecule has 0 unspecified atom stereocenters. The first kappa shape index (κ1) is 14.6. The first-order valence-electron chi connectivity index (χ1n) is 5.64. The molecule has 1 aromatic carbocycles. The minimum Gasteiger partial charge on any atom is -0.452 e. The third kappa shape index (κ3) is 5.63. The number of esters is 1. The minimum absolute atomic E-state index is 0.0491. The molecular formula is C14H14FNO3. The Hall–Kier alpha value is -2.43. The van der Waals surface area contributed by atoms with Crippen molar-refractivity contribution in [2.75, 3.05) is 11.9 Å². The Morgan fingerprint density at radius 3 is 2.74 bits per heavy atom. The molecule has 1 aromatic rings. The maximum absolute atomic E-state index is 13.2. The highest BCUT2D eigenvalue weighted by molar-refractivity contribution is 5.93. The second-order valence-electron chi connectivity index (χ2n) is 3.52. The summed E-state index contributed by atoms with van der Waals surface area (Å²) in [5.41, 5.74) is 0.0491. The molecule has 0 atom stereocenters. The number of rotatable bonds is 5. The van der Waals surface area contributed by atoms with E-state index in [1.807, 2.05) is 0 Å². The summed E-state index contributed by atoms with van der Waals surface area (Å²) in [6.07, 6.45) is 6.09. The summed E-state index contributed by atoms with van der Waals surface area (Å²) in [7, 11) is 0. The molecule has 4 nitrogen and oxygen atoms in total. The molecule has 1 amide bonds. The quantitative estimate of drug-likeness (QED) is 0.504. The van der Waals surface area contributed by atoms with Gasteiger partial charge in [-0.1, -0.05) is 30.4 Å². The smallest absolute Gasteiger partial charge is 0.331 e. The molecule has 0 saturated heterocycles. The van der Waals surface area contributed by atoms with E-state index < -0.39 is 24.3 Å². The number of hydrogen-bond donors (Lipinski definition) is 1. The van der Waals surface area contributed by atoms with Crippen molar-refractivity contribution in [2.45, 2.75) is 6.92 Å². The van der Waals surface area contributed by atoms with Crippen molar-refractivity contribution in [1.29, 1.82) is 0 Å². The lowest BCUT2D eigenvalue weighted by Gasteiger charge is -2.05. The van der Waals surface area contributed by atoms with Crippen molar-refractivity contribution < 1.29 is 18.7 Å². The van der Waals surface area contributed by atoms with Crippen LogP contribution in [0.5, 0.6) is 0 Å². The number of allylic oxidation sites excluding steroid dienone is 3. The second-order valence-corrected chi connectivity index (χ2v) is 3.52. The molecule has 0 saturated carbocycles. The highest BCUT2D eigenvalue weighted by atomic mass is 19.1. The molecule has 0 fully saturated rings. The molecule has 0 aliphatic carbocycles. The molecule has 100 valence electrons. The van der Waals surface area contributed by atoms with E-state index >= 15 is 0 Å². The van der Waals surface area contributed by atoms with E-state index in [4.69, 9.17) is 0 Å². The van der Waals surface area contributed by atoms with Crippen molar-refractivity contribution in [1.82, 2.24) is 0 Å². The first-order chi connectivity index (χ1) is 9.13. The molecule has 0 aliphatic rings. The molecule has 0 radical (unpaired) electrons. The van der Waals surface area contributed by atoms with Crippen molar-refractivity contribution in [3.63, 3.8) is 0 Å². The fourth-order valence-electron chi connectivity index (χ4n) is 1.18. The Labute approximate surface area is 110 Å². The van der Waals surface area contributed by atoms with Crippen LogP contribution < -0.4 is 5.32 Å². The third-order valence-corrected chi connectivity index (χ3v) is 2.03. The normalized spacial score (nSPS) is 10.8. The van der Waals surface area contributed by atoms with E-state index in [0.29, 0.717) is 0 Å². The van der Waals surface area contributed by atoms with Gasteiger partial charge in [0.2, 0.25) is 0 Å². The number of halogens is 1. The third-order valence-electron chi connectivity index (χ3n) is 2.03. The van der Waals surface area contributed by atoms with Crippen LogP contribution in [0.2, 0.25) is 0 Å². The van der Waals surface area contributed by atoms with Gasteiger partial charge in [-0.05, 0) is 19.1 Å². The summed E-state index contributed by atoms with van der Waals surface area (Å²) < 4.78 is 17.9. The summed E-state index contributed by atoms with van der Waals surface area (Å²) in [5.74, 6) is -1.78. The summed E-state index contributed by atoms with van der Waals surface area (Å²) in [6.45, 7) is 1.34. The van der Waals surface area contributed by atoms with Gasteiger partial charge in [-0.15, -0.1) is 0 Å². The van der Waals surface area contributed by atoms with Crippen LogP contribution in [0.4, 0.5) is 10.1 Å². The Balaban J connectivity index is 2.40. The molecule has 1 rings (SSSR count). The summed E-state index contributed by atoms with van der Waals surface area (Å²) in [4.78, 5) is 22.6. The molecule has 0 aliphatic heterocycles. The van der Waals surface area contributed by atoms with Crippen molar-refractivity contribution in [3.8, 4) is 0 Å². The number of ether oxygens (including phenoxy) is 1. The van der Waals surface area contributed by atoms with Crippen LogP contribution in [0.15, 0.2) is 48.6 Å². The number of carbonyl (C=O) groups is 2. The number of amides is 1. The molecule has 0 spiro atoms. The average molecular weight is 263 g/mol. The molecule has 0 aromatic heterocycles. The Morgan fingerprint density at radius 2 is 2.05 bits per heavy atom. The zero-order valence-electron chi connectivity index (χ0n) is 10.4. The Morgan fingerprint density at radius 1 is 1.32 bits per heavy atom. The van der Waals surface area contributed by atoms with Crippen LogP contribution >= 0.6 is 0 Å². The maximum atomic E-state index is 13.2. The highest BCUT2D eigenvalue weighted by Crippen LogP contribution is 2.11. The number of nitrogens with one attached hydrogen (secondary N) is 1. The van der Waals surface area contributed by atoms with E-state index in [1.54, 1.807) is 25.1 Å². The monoisotopic (exact) mass is 263 g/mol. The van der Waals surface area contributed by atoms with Gasteiger partial charge in [-0.2, -0.15) is 0 Å². The average Bonchev–Trinajstić information content (AvgIpc) is 2.39. The van der Waals surface area contributed by atoms with Crippen LogP contribution in [0.25, 0.3) is 0 Å². The summed E-state index contributed by atoms with van der Waals surface area (Å²) >= 11 is 0. The minimum atomic E-state index is -0.637. The van der Waals surface area contributed by atoms with Crippen molar-refractivity contribution in [3.05, 3.63) is 54.4 Å². The zero-order valence-corrected chi connectivity index (χ0v) is 10.4.